The molecule has 2 atom stereocenters. The van der Waals surface area contributed by atoms with Crippen LogP contribution in [0, 0.1) is 6.92 Å². The highest BCUT2D eigenvalue weighted by atomic mass is 35.5. The summed E-state index contributed by atoms with van der Waals surface area (Å²) in [5.41, 5.74) is 1.83. The van der Waals surface area contributed by atoms with Crippen LogP contribution in [-0.4, -0.2) is 26.5 Å². The maximum atomic E-state index is 12.2. The van der Waals surface area contributed by atoms with Gasteiger partial charge in [0.15, 0.2) is 9.84 Å². The van der Waals surface area contributed by atoms with Crippen molar-refractivity contribution < 1.29 is 13.2 Å². The predicted molar refractivity (Wildman–Crippen MR) is 77.8 cm³/mol. The lowest BCUT2D eigenvalue weighted by Gasteiger charge is -2.27. The van der Waals surface area contributed by atoms with E-state index in [-0.39, 0.29) is 5.75 Å². The summed E-state index contributed by atoms with van der Waals surface area (Å²) in [6.07, 6.45) is 2.29. The van der Waals surface area contributed by atoms with Crippen LogP contribution in [0.5, 0.6) is 5.75 Å². The molecule has 0 bridgehead atoms. The van der Waals surface area contributed by atoms with Gasteiger partial charge in [0, 0.05) is 5.56 Å². The Kier molecular flexibility index (Phi) is 4.41. The summed E-state index contributed by atoms with van der Waals surface area (Å²) in [4.78, 5) is 0. The van der Waals surface area contributed by atoms with Gasteiger partial charge in [-0.1, -0.05) is 24.1 Å². The third-order valence-corrected chi connectivity index (χ3v) is 6.61. The lowest BCUT2D eigenvalue weighted by atomic mass is 10.0. The number of hydrogen-bond acceptors (Lipinski definition) is 3. The third kappa shape index (κ3) is 3.06. The predicted octanol–water partition coefficient (Wildman–Crippen LogP) is 3.25. The van der Waals surface area contributed by atoms with Crippen LogP contribution in [0.15, 0.2) is 18.2 Å². The molecule has 106 valence electrons. The molecule has 1 fully saturated rings. The van der Waals surface area contributed by atoms with Gasteiger partial charge in [0.05, 0.1) is 23.5 Å². The molecule has 2 rings (SSSR count). The maximum Gasteiger partial charge on any atom is 0.154 e. The van der Waals surface area contributed by atoms with Crippen molar-refractivity contribution in [3.8, 4) is 5.75 Å². The van der Waals surface area contributed by atoms with Gasteiger partial charge >= 0.3 is 0 Å². The maximum absolute atomic E-state index is 12.2. The Morgan fingerprint density at radius 1 is 1.37 bits per heavy atom. The van der Waals surface area contributed by atoms with Gasteiger partial charge in [-0.05, 0) is 25.8 Å². The monoisotopic (exact) mass is 302 g/mol. The molecule has 1 aliphatic heterocycles. The van der Waals surface area contributed by atoms with Gasteiger partial charge in [-0.25, -0.2) is 8.42 Å². The minimum atomic E-state index is -3.10. The van der Waals surface area contributed by atoms with E-state index in [1.54, 1.807) is 7.11 Å². The Balaban J connectivity index is 2.38. The van der Waals surface area contributed by atoms with Crippen molar-refractivity contribution in [2.75, 3.05) is 12.9 Å². The molecule has 1 saturated heterocycles. The number of benzene rings is 1. The average molecular weight is 303 g/mol. The van der Waals surface area contributed by atoms with Crippen LogP contribution in [0.1, 0.15) is 35.8 Å². The second-order valence-corrected chi connectivity index (χ2v) is 7.86. The largest absolute Gasteiger partial charge is 0.496 e. The molecule has 0 aliphatic carbocycles. The average Bonchev–Trinajstić information content (AvgIpc) is 2.37. The number of methoxy groups -OCH3 is 1. The Labute approximate surface area is 119 Å². The summed E-state index contributed by atoms with van der Waals surface area (Å²) in [7, 11) is -1.52. The summed E-state index contributed by atoms with van der Waals surface area (Å²) >= 11 is 6.47. The van der Waals surface area contributed by atoms with Gasteiger partial charge in [-0.3, -0.25) is 0 Å². The Morgan fingerprint density at radius 3 is 2.74 bits per heavy atom. The van der Waals surface area contributed by atoms with Crippen molar-refractivity contribution in [3.05, 3.63) is 29.3 Å². The standard InChI is InChI=1S/C14H19ClO3S/c1-10-6-7-12(18-2)11(9-10)14(15)13-5-3-4-8-19(13,16)17/h6-7,9,13-14H,3-5,8H2,1-2H3. The van der Waals surface area contributed by atoms with Crippen LogP contribution in [0.3, 0.4) is 0 Å². The first-order valence-corrected chi connectivity index (χ1v) is 8.61. The topological polar surface area (TPSA) is 43.4 Å². The first-order chi connectivity index (χ1) is 8.95. The molecule has 0 radical (unpaired) electrons. The van der Waals surface area contributed by atoms with Crippen LogP contribution in [-0.2, 0) is 9.84 Å². The minimum Gasteiger partial charge on any atom is -0.496 e. The van der Waals surface area contributed by atoms with Gasteiger partial charge in [0.2, 0.25) is 0 Å². The minimum absolute atomic E-state index is 0.245. The molecule has 1 heterocycles. The molecule has 0 saturated carbocycles. The number of aryl methyl sites for hydroxylation is 1. The molecule has 1 aromatic carbocycles. The molecular weight excluding hydrogens is 284 g/mol. The van der Waals surface area contributed by atoms with Gasteiger partial charge in [0.1, 0.15) is 5.75 Å². The fourth-order valence-electron chi connectivity index (χ4n) is 2.58. The Hall–Kier alpha value is -0.740. The first-order valence-electron chi connectivity index (χ1n) is 6.46. The Morgan fingerprint density at radius 2 is 2.11 bits per heavy atom. The van der Waals surface area contributed by atoms with E-state index in [1.165, 1.54) is 0 Å². The molecule has 5 heteroatoms. The highest BCUT2D eigenvalue weighted by Crippen LogP contribution is 2.39. The van der Waals surface area contributed by atoms with Gasteiger partial charge < -0.3 is 4.74 Å². The summed E-state index contributed by atoms with van der Waals surface area (Å²) in [6.45, 7) is 1.96. The van der Waals surface area contributed by atoms with Crippen molar-refractivity contribution in [2.45, 2.75) is 36.8 Å². The highest BCUT2D eigenvalue weighted by Gasteiger charge is 2.36. The molecule has 19 heavy (non-hydrogen) atoms. The zero-order valence-electron chi connectivity index (χ0n) is 11.2. The molecule has 0 N–H and O–H groups in total. The SMILES string of the molecule is COc1ccc(C)cc1C(Cl)C1CCCCS1(=O)=O. The van der Waals surface area contributed by atoms with Gasteiger partial charge in [0.25, 0.3) is 0 Å². The molecule has 0 spiro atoms. The molecule has 0 amide bonds. The van der Waals surface area contributed by atoms with Gasteiger partial charge in [-0.15, -0.1) is 11.6 Å². The summed E-state index contributed by atoms with van der Waals surface area (Å²) in [5, 5.41) is -1.04. The van der Waals surface area contributed by atoms with Crippen LogP contribution in [0.25, 0.3) is 0 Å². The van der Waals surface area contributed by atoms with E-state index in [2.05, 4.69) is 0 Å². The molecule has 0 aromatic heterocycles. The van der Waals surface area contributed by atoms with Crippen molar-refractivity contribution in [3.63, 3.8) is 0 Å². The van der Waals surface area contributed by atoms with Crippen molar-refractivity contribution in [2.24, 2.45) is 0 Å². The van der Waals surface area contributed by atoms with Crippen LogP contribution >= 0.6 is 11.6 Å². The molecule has 3 nitrogen and oxygen atoms in total. The molecule has 1 aliphatic rings. The number of alkyl halides is 1. The number of halogens is 1. The first kappa shape index (κ1) is 14.7. The second kappa shape index (κ2) is 5.71. The van der Waals surface area contributed by atoms with E-state index in [9.17, 15) is 8.42 Å². The molecule has 2 unspecified atom stereocenters. The van der Waals surface area contributed by atoms with Gasteiger partial charge in [-0.2, -0.15) is 0 Å². The Bertz CT molecular complexity index is 554. The van der Waals surface area contributed by atoms with E-state index in [0.717, 1.165) is 24.0 Å². The molecular formula is C14H19ClO3S. The van der Waals surface area contributed by atoms with E-state index in [1.807, 2.05) is 25.1 Å². The number of rotatable bonds is 3. The fourth-order valence-corrected chi connectivity index (χ4v) is 5.29. The summed E-state index contributed by atoms with van der Waals surface area (Å²) < 4.78 is 29.6. The van der Waals surface area contributed by atoms with Crippen LogP contribution in [0.4, 0.5) is 0 Å². The zero-order valence-corrected chi connectivity index (χ0v) is 12.8. The van der Waals surface area contributed by atoms with Crippen LogP contribution < -0.4 is 4.74 Å². The van der Waals surface area contributed by atoms with E-state index in [4.69, 9.17) is 16.3 Å². The third-order valence-electron chi connectivity index (χ3n) is 3.64. The van der Waals surface area contributed by atoms with E-state index in [0.29, 0.717) is 12.2 Å². The van der Waals surface area contributed by atoms with Crippen molar-refractivity contribution >= 4 is 21.4 Å². The smallest absolute Gasteiger partial charge is 0.154 e. The number of ether oxygens (including phenoxy) is 1. The highest BCUT2D eigenvalue weighted by molar-refractivity contribution is 7.92. The van der Waals surface area contributed by atoms with E-state index >= 15 is 0 Å². The summed E-state index contributed by atoms with van der Waals surface area (Å²) in [6, 6.07) is 5.69. The zero-order chi connectivity index (χ0) is 14.0. The lowest BCUT2D eigenvalue weighted by Crippen LogP contribution is -2.32. The summed E-state index contributed by atoms with van der Waals surface area (Å²) in [5.74, 6) is 0.904. The number of sulfone groups is 1. The fraction of sp³-hybridized carbons (Fsp3) is 0.571. The van der Waals surface area contributed by atoms with Crippen LogP contribution in [0.2, 0.25) is 0 Å². The van der Waals surface area contributed by atoms with Crippen molar-refractivity contribution in [1.29, 1.82) is 0 Å². The lowest BCUT2D eigenvalue weighted by molar-refractivity contribution is 0.407. The quantitative estimate of drug-likeness (QED) is 0.805. The van der Waals surface area contributed by atoms with E-state index < -0.39 is 20.5 Å². The second-order valence-electron chi connectivity index (χ2n) is 5.05. The number of hydrogen-bond donors (Lipinski definition) is 0. The van der Waals surface area contributed by atoms with Crippen molar-refractivity contribution in [1.82, 2.24) is 0 Å². The normalized spacial score (nSPS) is 23.8. The molecule has 1 aromatic rings.